The van der Waals surface area contributed by atoms with E-state index in [9.17, 15) is 0 Å². The van der Waals surface area contributed by atoms with Crippen LogP contribution in [0.5, 0.6) is 0 Å². The van der Waals surface area contributed by atoms with Crippen LogP contribution >= 0.6 is 11.8 Å². The average Bonchev–Trinajstić information content (AvgIpc) is 2.78. The van der Waals surface area contributed by atoms with Gasteiger partial charge in [0.1, 0.15) is 4.87 Å². The molecular weight excluding hydrogens is 238 g/mol. The second-order valence-electron chi connectivity index (χ2n) is 5.06. The number of nitrogens with one attached hydrogen (secondary N) is 1. The first kappa shape index (κ1) is 10.5. The molecule has 1 aliphatic heterocycles. The molecule has 1 spiro atoms. The number of hydrogen-bond donors (Lipinski definition) is 1. The third-order valence-electron chi connectivity index (χ3n) is 3.94. The van der Waals surface area contributed by atoms with Crippen LogP contribution in [0.25, 0.3) is 0 Å². The summed E-state index contributed by atoms with van der Waals surface area (Å²) in [5.41, 5.74) is 4.29. The summed E-state index contributed by atoms with van der Waals surface area (Å²) in [5.74, 6) is 0. The maximum Gasteiger partial charge on any atom is 0.114 e. The lowest BCUT2D eigenvalue weighted by atomic mass is 9.87. The number of anilines is 1. The van der Waals surface area contributed by atoms with E-state index in [0.717, 1.165) is 0 Å². The summed E-state index contributed by atoms with van der Waals surface area (Å²) in [4.78, 5) is 1.47. The van der Waals surface area contributed by atoms with Crippen molar-refractivity contribution >= 4 is 17.4 Å². The Morgan fingerprint density at radius 3 is 2.78 bits per heavy atom. The fourth-order valence-electron chi connectivity index (χ4n) is 3.12. The van der Waals surface area contributed by atoms with Crippen molar-refractivity contribution in [2.75, 3.05) is 5.32 Å². The zero-order valence-corrected chi connectivity index (χ0v) is 11.0. The minimum absolute atomic E-state index is 0.0819. The monoisotopic (exact) mass is 253 g/mol. The van der Waals surface area contributed by atoms with Gasteiger partial charge in [-0.1, -0.05) is 48.2 Å². The number of benzene rings is 2. The van der Waals surface area contributed by atoms with Gasteiger partial charge < -0.3 is 5.32 Å². The van der Waals surface area contributed by atoms with Gasteiger partial charge in [0, 0.05) is 10.6 Å². The first-order chi connectivity index (χ1) is 8.87. The molecule has 1 aliphatic carbocycles. The number of fused-ring (bicyclic) bond motifs is 3. The zero-order chi connectivity index (χ0) is 12.0. The summed E-state index contributed by atoms with van der Waals surface area (Å²) in [6.45, 7) is 0. The summed E-state index contributed by atoms with van der Waals surface area (Å²) in [6.07, 6.45) is 3.70. The van der Waals surface area contributed by atoms with Crippen molar-refractivity contribution in [2.45, 2.75) is 29.0 Å². The van der Waals surface area contributed by atoms with Crippen LogP contribution in [0.3, 0.4) is 0 Å². The Morgan fingerprint density at radius 2 is 1.83 bits per heavy atom. The molecule has 0 aromatic heterocycles. The van der Waals surface area contributed by atoms with Crippen molar-refractivity contribution in [1.29, 1.82) is 0 Å². The maximum atomic E-state index is 3.77. The van der Waals surface area contributed by atoms with E-state index in [1.807, 2.05) is 11.8 Å². The highest BCUT2D eigenvalue weighted by molar-refractivity contribution is 8.00. The SMILES string of the molecule is c1ccc2c(c1)CCCC21Nc2ccccc2S1. The summed E-state index contributed by atoms with van der Waals surface area (Å²) in [6, 6.07) is 17.5. The molecule has 2 aliphatic rings. The standard InChI is InChI=1S/C16H15NS/c1-2-8-13-12(6-1)7-5-11-16(13)17-14-9-3-4-10-15(14)18-16/h1-4,6,8-10,17H,5,7,11H2. The molecule has 0 fully saturated rings. The van der Waals surface area contributed by atoms with Gasteiger partial charge in [0.2, 0.25) is 0 Å². The van der Waals surface area contributed by atoms with Crippen LogP contribution in [0.1, 0.15) is 24.0 Å². The van der Waals surface area contributed by atoms with Crippen LogP contribution in [0.4, 0.5) is 5.69 Å². The van der Waals surface area contributed by atoms with E-state index < -0.39 is 0 Å². The predicted octanol–water partition coefficient (Wildman–Crippen LogP) is 4.39. The Bertz CT molecular complexity index is 581. The molecule has 0 saturated carbocycles. The zero-order valence-electron chi connectivity index (χ0n) is 10.1. The Balaban J connectivity index is 1.84. The largest absolute Gasteiger partial charge is 0.366 e. The summed E-state index contributed by atoms with van der Waals surface area (Å²) in [7, 11) is 0. The molecule has 0 amide bonds. The molecule has 18 heavy (non-hydrogen) atoms. The van der Waals surface area contributed by atoms with Gasteiger partial charge in [0.25, 0.3) is 0 Å². The highest BCUT2D eigenvalue weighted by atomic mass is 32.2. The van der Waals surface area contributed by atoms with Gasteiger partial charge in [0.15, 0.2) is 0 Å². The Morgan fingerprint density at radius 1 is 1.00 bits per heavy atom. The summed E-state index contributed by atoms with van der Waals surface area (Å²) >= 11 is 1.99. The number of rotatable bonds is 0. The van der Waals surface area contributed by atoms with E-state index in [-0.39, 0.29) is 4.87 Å². The van der Waals surface area contributed by atoms with Crippen LogP contribution in [-0.2, 0) is 11.3 Å². The predicted molar refractivity (Wildman–Crippen MR) is 77.0 cm³/mol. The first-order valence-electron chi connectivity index (χ1n) is 6.52. The number of aryl methyl sites for hydroxylation is 1. The van der Waals surface area contributed by atoms with Crippen molar-refractivity contribution in [3.8, 4) is 0 Å². The number of thioether (sulfide) groups is 1. The van der Waals surface area contributed by atoms with E-state index in [1.54, 1.807) is 0 Å². The lowest BCUT2D eigenvalue weighted by Gasteiger charge is -2.35. The molecule has 0 bridgehead atoms. The molecule has 1 unspecified atom stereocenters. The lowest BCUT2D eigenvalue weighted by molar-refractivity contribution is 0.562. The molecule has 2 heteroatoms. The lowest BCUT2D eigenvalue weighted by Crippen LogP contribution is -2.32. The second kappa shape index (κ2) is 3.79. The topological polar surface area (TPSA) is 12.0 Å². The van der Waals surface area contributed by atoms with Crippen LogP contribution in [0.2, 0.25) is 0 Å². The van der Waals surface area contributed by atoms with Gasteiger partial charge in [-0.15, -0.1) is 0 Å². The Kier molecular flexibility index (Phi) is 2.21. The third kappa shape index (κ3) is 1.42. The van der Waals surface area contributed by atoms with Crippen molar-refractivity contribution in [2.24, 2.45) is 0 Å². The third-order valence-corrected chi connectivity index (χ3v) is 5.39. The van der Waals surface area contributed by atoms with Crippen LogP contribution in [-0.4, -0.2) is 0 Å². The molecule has 90 valence electrons. The molecular formula is C16H15NS. The van der Waals surface area contributed by atoms with E-state index >= 15 is 0 Å². The smallest absolute Gasteiger partial charge is 0.114 e. The molecule has 0 radical (unpaired) electrons. The van der Waals surface area contributed by atoms with Gasteiger partial charge in [-0.05, 0) is 42.5 Å². The van der Waals surface area contributed by atoms with Gasteiger partial charge in [0.05, 0.1) is 0 Å². The second-order valence-corrected chi connectivity index (χ2v) is 6.40. The van der Waals surface area contributed by atoms with Crippen LogP contribution in [0.15, 0.2) is 53.4 Å². The van der Waals surface area contributed by atoms with Gasteiger partial charge in [-0.25, -0.2) is 0 Å². The van der Waals surface area contributed by atoms with E-state index in [2.05, 4.69) is 53.8 Å². The Labute approximate surface area is 112 Å². The van der Waals surface area contributed by atoms with Crippen molar-refractivity contribution in [1.82, 2.24) is 0 Å². The highest BCUT2D eigenvalue weighted by Crippen LogP contribution is 2.55. The molecule has 1 heterocycles. The van der Waals surface area contributed by atoms with Crippen molar-refractivity contribution in [3.05, 3.63) is 59.7 Å². The van der Waals surface area contributed by atoms with Crippen molar-refractivity contribution < 1.29 is 0 Å². The fraction of sp³-hybridized carbons (Fsp3) is 0.250. The Hall–Kier alpha value is -1.41. The van der Waals surface area contributed by atoms with Gasteiger partial charge >= 0.3 is 0 Å². The average molecular weight is 253 g/mol. The quantitative estimate of drug-likeness (QED) is 0.747. The van der Waals surface area contributed by atoms with Crippen LogP contribution < -0.4 is 5.32 Å². The first-order valence-corrected chi connectivity index (χ1v) is 7.34. The van der Waals surface area contributed by atoms with E-state index in [0.29, 0.717) is 0 Å². The molecule has 1 N–H and O–H groups in total. The van der Waals surface area contributed by atoms with Crippen molar-refractivity contribution in [3.63, 3.8) is 0 Å². The van der Waals surface area contributed by atoms with Gasteiger partial charge in [-0.2, -0.15) is 0 Å². The minimum atomic E-state index is 0.0819. The van der Waals surface area contributed by atoms with E-state index in [4.69, 9.17) is 0 Å². The molecule has 2 aromatic carbocycles. The molecule has 4 rings (SSSR count). The van der Waals surface area contributed by atoms with E-state index in [1.165, 1.54) is 41.0 Å². The molecule has 2 aromatic rings. The number of para-hydroxylation sites is 1. The van der Waals surface area contributed by atoms with Crippen LogP contribution in [0, 0.1) is 0 Å². The molecule has 1 atom stereocenters. The maximum absolute atomic E-state index is 3.77. The number of hydrogen-bond acceptors (Lipinski definition) is 2. The molecule has 1 nitrogen and oxygen atoms in total. The highest BCUT2D eigenvalue weighted by Gasteiger charge is 2.41. The van der Waals surface area contributed by atoms with Gasteiger partial charge in [-0.3, -0.25) is 0 Å². The normalized spacial score (nSPS) is 24.4. The fourth-order valence-corrected chi connectivity index (χ4v) is 4.59. The minimum Gasteiger partial charge on any atom is -0.366 e. The molecule has 0 saturated heterocycles. The summed E-state index contributed by atoms with van der Waals surface area (Å²) in [5, 5.41) is 3.77. The summed E-state index contributed by atoms with van der Waals surface area (Å²) < 4.78 is 0.